The van der Waals surface area contributed by atoms with Crippen molar-refractivity contribution in [3.63, 3.8) is 0 Å². The van der Waals surface area contributed by atoms with Crippen molar-refractivity contribution < 1.29 is 49.2 Å². The number of β-amino-alcohol motifs (C(OH)–C–C–N with tert-alkyl or cyclic N) is 1. The fourth-order valence-corrected chi connectivity index (χ4v) is 7.36. The zero-order chi connectivity index (χ0) is 42.4. The molecule has 2 heterocycles. The number of amides is 5. The molecule has 2 saturated heterocycles. The number of carbonyl (C=O) groups excluding carboxylic acids is 5. The number of nitrogens with one attached hydrogen (secondary N) is 3. The number of nitrogens with zero attached hydrogens (tertiary/aromatic N) is 2. The Kier molecular flexibility index (Phi) is 17.2. The molecule has 2 aromatic carbocycles. The lowest BCUT2D eigenvalue weighted by Crippen LogP contribution is -2.59. The first-order chi connectivity index (χ1) is 27.7. The van der Waals surface area contributed by atoms with Crippen molar-refractivity contribution in [2.24, 2.45) is 17.2 Å². The summed E-state index contributed by atoms with van der Waals surface area (Å²) in [5.41, 5.74) is 18.6. The van der Waals surface area contributed by atoms with E-state index < -0.39 is 77.9 Å². The predicted molar refractivity (Wildman–Crippen MR) is 212 cm³/mol. The standard InChI is InChI=1S/C40H58N8O10/c41-17-3-1-6-29(43)38(55)48-23-28(51)22-34(48)37(54)45-31(20-24-9-13-26(49)14-10-24)35(52)44-30(7-2-4-18-42)39(56)47-19-5-8-33(47)36(53)46-32(40(57)58)21-25-11-15-27(50)16-12-25/h9-16,28-34,49-51H,1-8,17-23,41-43H2,(H,44,52)(H,45,54)(H,46,53)(H,57,58)/t28-,29+,30+,31+,32+,33+,34+/m1/s1. The Morgan fingerprint density at radius 3 is 1.79 bits per heavy atom. The van der Waals surface area contributed by atoms with E-state index in [0.29, 0.717) is 62.7 Å². The molecule has 58 heavy (non-hydrogen) atoms. The molecule has 0 unspecified atom stereocenters. The summed E-state index contributed by atoms with van der Waals surface area (Å²) in [6.45, 7) is 0.802. The highest BCUT2D eigenvalue weighted by molar-refractivity contribution is 5.97. The predicted octanol–water partition coefficient (Wildman–Crippen LogP) is -1.04. The van der Waals surface area contributed by atoms with Crippen molar-refractivity contribution >= 4 is 35.5 Å². The van der Waals surface area contributed by atoms with Gasteiger partial charge in [-0.1, -0.05) is 30.7 Å². The number of aliphatic carboxylic acids is 1. The maximum Gasteiger partial charge on any atom is 0.326 e. The number of hydrogen-bond acceptors (Lipinski definition) is 12. The molecule has 2 fully saturated rings. The Bertz CT molecular complexity index is 1710. The number of carbonyl (C=O) groups is 6. The number of carboxylic acid groups (broad SMARTS) is 1. The minimum Gasteiger partial charge on any atom is -0.508 e. The molecule has 0 aliphatic carbocycles. The Morgan fingerprint density at radius 2 is 1.22 bits per heavy atom. The third-order valence-electron chi connectivity index (χ3n) is 10.6. The van der Waals surface area contributed by atoms with Crippen LogP contribution in [0.3, 0.4) is 0 Å². The van der Waals surface area contributed by atoms with Gasteiger partial charge in [-0.05, 0) is 93.4 Å². The number of aliphatic hydroxyl groups is 1. The number of aromatic hydroxyl groups is 2. The molecule has 0 radical (unpaired) electrons. The molecule has 7 atom stereocenters. The van der Waals surface area contributed by atoms with Gasteiger partial charge in [0.1, 0.15) is 41.7 Å². The molecule has 0 bridgehead atoms. The van der Waals surface area contributed by atoms with E-state index >= 15 is 0 Å². The van der Waals surface area contributed by atoms with Crippen LogP contribution in [-0.4, -0.2) is 134 Å². The van der Waals surface area contributed by atoms with Crippen LogP contribution >= 0.6 is 0 Å². The highest BCUT2D eigenvalue weighted by Crippen LogP contribution is 2.23. The lowest BCUT2D eigenvalue weighted by Gasteiger charge is -2.31. The van der Waals surface area contributed by atoms with E-state index in [0.717, 1.165) is 0 Å². The molecule has 4 rings (SSSR count). The number of likely N-dealkylation sites (tertiary alicyclic amines) is 2. The summed E-state index contributed by atoms with van der Waals surface area (Å²) < 4.78 is 0. The molecule has 2 aliphatic rings. The van der Waals surface area contributed by atoms with Gasteiger partial charge in [-0.2, -0.15) is 0 Å². The Balaban J connectivity index is 1.53. The molecule has 0 saturated carbocycles. The van der Waals surface area contributed by atoms with Crippen molar-refractivity contribution in [2.45, 2.75) is 113 Å². The van der Waals surface area contributed by atoms with Gasteiger partial charge in [0.15, 0.2) is 0 Å². The van der Waals surface area contributed by atoms with E-state index in [2.05, 4.69) is 16.0 Å². The van der Waals surface area contributed by atoms with Crippen LogP contribution in [0.25, 0.3) is 0 Å². The van der Waals surface area contributed by atoms with Crippen LogP contribution in [0, 0.1) is 0 Å². The van der Waals surface area contributed by atoms with E-state index in [9.17, 15) is 49.2 Å². The summed E-state index contributed by atoms with van der Waals surface area (Å²) in [4.78, 5) is 83.9. The van der Waals surface area contributed by atoms with E-state index in [1.807, 2.05) is 0 Å². The summed E-state index contributed by atoms with van der Waals surface area (Å²) >= 11 is 0. The van der Waals surface area contributed by atoms with Gasteiger partial charge in [0, 0.05) is 32.4 Å². The fraction of sp³-hybridized carbons (Fsp3) is 0.550. The largest absolute Gasteiger partial charge is 0.508 e. The Labute approximate surface area is 337 Å². The zero-order valence-corrected chi connectivity index (χ0v) is 32.6. The van der Waals surface area contributed by atoms with Crippen LogP contribution < -0.4 is 33.2 Å². The molecular formula is C40H58N8O10. The van der Waals surface area contributed by atoms with Crippen LogP contribution in [0.2, 0.25) is 0 Å². The van der Waals surface area contributed by atoms with Gasteiger partial charge in [-0.15, -0.1) is 0 Å². The third-order valence-corrected chi connectivity index (χ3v) is 10.6. The van der Waals surface area contributed by atoms with Crippen molar-refractivity contribution in [3.05, 3.63) is 59.7 Å². The monoisotopic (exact) mass is 810 g/mol. The van der Waals surface area contributed by atoms with Crippen LogP contribution in [0.5, 0.6) is 11.5 Å². The lowest BCUT2D eigenvalue weighted by atomic mass is 10.0. The second kappa shape index (κ2) is 22.0. The third kappa shape index (κ3) is 12.9. The van der Waals surface area contributed by atoms with Crippen molar-refractivity contribution in [1.82, 2.24) is 25.8 Å². The first-order valence-corrected chi connectivity index (χ1v) is 19.9. The molecule has 2 aromatic rings. The number of nitrogens with two attached hydrogens (primary N) is 3. The van der Waals surface area contributed by atoms with E-state index in [1.165, 1.54) is 34.1 Å². The maximum absolute atomic E-state index is 14.2. The summed E-state index contributed by atoms with van der Waals surface area (Å²) in [6, 6.07) is 5.05. The molecular weight excluding hydrogens is 752 g/mol. The van der Waals surface area contributed by atoms with Gasteiger partial charge in [0.05, 0.1) is 12.1 Å². The number of hydrogen-bond donors (Lipinski definition) is 10. The SMILES string of the molecule is NCCCC[C@H](NC(=O)[C@H](Cc1ccc(O)cc1)NC(=O)[C@@H]1C[C@@H](O)CN1C(=O)[C@@H](N)CCCCN)C(=O)N1CCC[C@H]1C(=O)N[C@@H](Cc1ccc(O)cc1)C(=O)O. The van der Waals surface area contributed by atoms with Crippen LogP contribution in [0.4, 0.5) is 0 Å². The maximum atomic E-state index is 14.2. The molecule has 0 spiro atoms. The topological polar surface area (TPSA) is 304 Å². The number of phenolic OH excluding ortho intramolecular Hbond substituents is 2. The molecule has 5 amide bonds. The van der Waals surface area contributed by atoms with Gasteiger partial charge in [0.2, 0.25) is 29.5 Å². The number of rotatable bonds is 21. The van der Waals surface area contributed by atoms with Gasteiger partial charge >= 0.3 is 5.97 Å². The fourth-order valence-electron chi connectivity index (χ4n) is 7.36. The zero-order valence-electron chi connectivity index (χ0n) is 32.6. The van der Waals surface area contributed by atoms with Crippen LogP contribution in [-0.2, 0) is 41.6 Å². The lowest BCUT2D eigenvalue weighted by molar-refractivity contribution is -0.145. The average molecular weight is 811 g/mol. The normalized spacial score (nSPS) is 19.8. The van der Waals surface area contributed by atoms with E-state index in [4.69, 9.17) is 17.2 Å². The van der Waals surface area contributed by atoms with E-state index in [1.54, 1.807) is 24.3 Å². The van der Waals surface area contributed by atoms with Gasteiger partial charge in [0.25, 0.3) is 0 Å². The number of benzene rings is 2. The minimum atomic E-state index is -1.32. The first-order valence-electron chi connectivity index (χ1n) is 19.9. The molecule has 2 aliphatic heterocycles. The molecule has 18 heteroatoms. The smallest absolute Gasteiger partial charge is 0.326 e. The molecule has 318 valence electrons. The first kappa shape index (κ1) is 45.4. The number of aliphatic hydroxyl groups excluding tert-OH is 1. The van der Waals surface area contributed by atoms with Crippen LogP contribution in [0.1, 0.15) is 68.9 Å². The van der Waals surface area contributed by atoms with Gasteiger partial charge in [-0.25, -0.2) is 4.79 Å². The summed E-state index contributed by atoms with van der Waals surface area (Å²) in [6.07, 6.45) is 2.17. The van der Waals surface area contributed by atoms with Crippen molar-refractivity contribution in [3.8, 4) is 11.5 Å². The second-order valence-corrected chi connectivity index (χ2v) is 15.0. The highest BCUT2D eigenvalue weighted by Gasteiger charge is 2.43. The Hall–Kier alpha value is -5.30. The van der Waals surface area contributed by atoms with Gasteiger partial charge < -0.3 is 63.4 Å². The average Bonchev–Trinajstić information content (AvgIpc) is 3.85. The van der Waals surface area contributed by atoms with E-state index in [-0.39, 0.29) is 56.7 Å². The number of unbranched alkanes of at least 4 members (excludes halogenated alkanes) is 2. The number of phenols is 2. The molecule has 13 N–H and O–H groups in total. The van der Waals surface area contributed by atoms with Gasteiger partial charge in [-0.3, -0.25) is 24.0 Å². The molecule has 18 nitrogen and oxygen atoms in total. The van der Waals surface area contributed by atoms with Crippen molar-refractivity contribution in [2.75, 3.05) is 26.2 Å². The number of carboxylic acids is 1. The van der Waals surface area contributed by atoms with Crippen LogP contribution in [0.15, 0.2) is 48.5 Å². The highest BCUT2D eigenvalue weighted by atomic mass is 16.4. The summed E-state index contributed by atoms with van der Waals surface area (Å²) in [5.74, 6) is -4.49. The summed E-state index contributed by atoms with van der Waals surface area (Å²) in [7, 11) is 0. The minimum absolute atomic E-state index is 0.00391. The Morgan fingerprint density at radius 1 is 0.690 bits per heavy atom. The molecule has 0 aromatic heterocycles. The second-order valence-electron chi connectivity index (χ2n) is 15.0. The van der Waals surface area contributed by atoms with Crippen molar-refractivity contribution in [1.29, 1.82) is 0 Å². The quantitative estimate of drug-likeness (QED) is 0.0675. The summed E-state index contributed by atoms with van der Waals surface area (Å²) in [5, 5.41) is 47.9.